The molecule has 3 N–H and O–H groups in total. The predicted molar refractivity (Wildman–Crippen MR) is 122 cm³/mol. The molecule has 0 aromatic heterocycles. The van der Waals surface area contributed by atoms with Crippen LogP contribution in [0.4, 0.5) is 0 Å². The Hall–Kier alpha value is -1.31. The van der Waals surface area contributed by atoms with E-state index in [4.69, 9.17) is 0 Å². The molecule has 1 amide bonds. The predicted octanol–water partition coefficient (Wildman–Crippen LogP) is 3.37. The Morgan fingerprint density at radius 2 is 1.89 bits per heavy atom. The fourth-order valence-electron chi connectivity index (χ4n) is 3.18. The number of halogens is 1. The minimum atomic E-state index is 0. The average molecular weight is 484 g/mol. The van der Waals surface area contributed by atoms with Crippen molar-refractivity contribution < 1.29 is 4.79 Å². The van der Waals surface area contributed by atoms with Gasteiger partial charge in [0, 0.05) is 31.0 Å². The molecule has 0 aliphatic heterocycles. The van der Waals surface area contributed by atoms with Gasteiger partial charge in [0.25, 0.3) is 0 Å². The van der Waals surface area contributed by atoms with E-state index < -0.39 is 0 Å². The summed E-state index contributed by atoms with van der Waals surface area (Å²) >= 11 is 0. The van der Waals surface area contributed by atoms with Crippen LogP contribution in [-0.2, 0) is 4.79 Å². The van der Waals surface area contributed by atoms with Crippen molar-refractivity contribution in [1.82, 2.24) is 16.0 Å². The molecule has 3 rings (SSSR count). The molecule has 2 fully saturated rings. The average Bonchev–Trinajstić information content (AvgIpc) is 3.53. The first-order valence-corrected chi connectivity index (χ1v) is 10.0. The molecule has 0 radical (unpaired) electrons. The van der Waals surface area contributed by atoms with Crippen LogP contribution in [0.3, 0.4) is 0 Å². The van der Waals surface area contributed by atoms with Crippen molar-refractivity contribution in [2.75, 3.05) is 19.6 Å². The van der Waals surface area contributed by atoms with Gasteiger partial charge in [-0.25, -0.2) is 0 Å². The van der Waals surface area contributed by atoms with Gasteiger partial charge in [0.15, 0.2) is 5.96 Å². The molecule has 27 heavy (non-hydrogen) atoms. The quantitative estimate of drug-likeness (QED) is 0.230. The van der Waals surface area contributed by atoms with Crippen molar-refractivity contribution >= 4 is 35.8 Å². The van der Waals surface area contributed by atoms with E-state index in [9.17, 15) is 4.79 Å². The lowest BCUT2D eigenvalue weighted by molar-refractivity contribution is -0.122. The third-order valence-electron chi connectivity index (χ3n) is 5.12. The lowest BCUT2D eigenvalue weighted by Gasteiger charge is -2.12. The molecule has 1 aromatic carbocycles. The Bertz CT molecular complexity index is 640. The van der Waals surface area contributed by atoms with E-state index in [1.807, 2.05) is 0 Å². The van der Waals surface area contributed by atoms with Gasteiger partial charge < -0.3 is 16.0 Å². The second kappa shape index (κ2) is 10.3. The Balaban J connectivity index is 0.00000261. The van der Waals surface area contributed by atoms with Crippen LogP contribution < -0.4 is 16.0 Å². The van der Waals surface area contributed by atoms with Gasteiger partial charge in [-0.1, -0.05) is 38.1 Å². The standard InChI is InChI=1S/C21H32N4O.HI/c1-4-22-21(24-12-11-23-20(26)17-9-10-17)25-19-13-18(19)16-7-5-15(6-8-16)14(2)3;/h5-8,14,17-19H,4,9-13H2,1-3H3,(H,23,26)(H2,22,24,25);1H. The molecule has 6 heteroatoms. The zero-order valence-corrected chi connectivity index (χ0v) is 19.0. The Kier molecular flexibility index (Phi) is 8.38. The van der Waals surface area contributed by atoms with Crippen LogP contribution in [0, 0.1) is 5.92 Å². The van der Waals surface area contributed by atoms with E-state index in [1.54, 1.807) is 0 Å². The van der Waals surface area contributed by atoms with Crippen molar-refractivity contribution in [1.29, 1.82) is 0 Å². The highest BCUT2D eigenvalue weighted by Gasteiger charge is 2.39. The topological polar surface area (TPSA) is 65.5 Å². The largest absolute Gasteiger partial charge is 0.357 e. The number of benzene rings is 1. The minimum Gasteiger partial charge on any atom is -0.357 e. The molecular formula is C21H33IN4O. The molecular weight excluding hydrogens is 451 g/mol. The lowest BCUT2D eigenvalue weighted by atomic mass is 10.0. The summed E-state index contributed by atoms with van der Waals surface area (Å²) in [6.45, 7) is 8.57. The molecule has 1 aromatic rings. The van der Waals surface area contributed by atoms with Gasteiger partial charge in [-0.3, -0.25) is 9.79 Å². The van der Waals surface area contributed by atoms with Gasteiger partial charge in [0.1, 0.15) is 0 Å². The normalized spacial score (nSPS) is 21.4. The number of nitrogens with one attached hydrogen (secondary N) is 3. The Morgan fingerprint density at radius 1 is 1.19 bits per heavy atom. The molecule has 5 nitrogen and oxygen atoms in total. The van der Waals surface area contributed by atoms with E-state index in [-0.39, 0.29) is 35.8 Å². The summed E-state index contributed by atoms with van der Waals surface area (Å²) in [6.07, 6.45) is 3.23. The number of hydrogen-bond acceptors (Lipinski definition) is 2. The van der Waals surface area contributed by atoms with Crippen molar-refractivity contribution in [2.45, 2.75) is 57.9 Å². The van der Waals surface area contributed by atoms with Crippen LogP contribution in [0.1, 0.15) is 63.0 Å². The van der Waals surface area contributed by atoms with E-state index >= 15 is 0 Å². The van der Waals surface area contributed by atoms with Crippen molar-refractivity contribution in [3.05, 3.63) is 35.4 Å². The molecule has 2 aliphatic rings. The molecule has 0 heterocycles. The number of rotatable bonds is 8. The van der Waals surface area contributed by atoms with Gasteiger partial charge in [-0.05, 0) is 43.2 Å². The van der Waals surface area contributed by atoms with E-state index in [1.165, 1.54) is 11.1 Å². The number of carbonyl (C=O) groups excluding carboxylic acids is 1. The maximum absolute atomic E-state index is 11.6. The first kappa shape index (κ1) is 22.0. The summed E-state index contributed by atoms with van der Waals surface area (Å²) < 4.78 is 0. The zero-order chi connectivity index (χ0) is 18.5. The summed E-state index contributed by atoms with van der Waals surface area (Å²) in [4.78, 5) is 16.2. The number of carbonyl (C=O) groups is 1. The van der Waals surface area contributed by atoms with Crippen LogP contribution in [-0.4, -0.2) is 37.5 Å². The zero-order valence-electron chi connectivity index (χ0n) is 16.6. The van der Waals surface area contributed by atoms with E-state index in [0.717, 1.165) is 31.8 Å². The third-order valence-corrected chi connectivity index (χ3v) is 5.12. The fraction of sp³-hybridized carbons (Fsp3) is 0.619. The number of guanidine groups is 1. The molecule has 0 bridgehead atoms. The highest BCUT2D eigenvalue weighted by atomic mass is 127. The molecule has 2 unspecified atom stereocenters. The Morgan fingerprint density at radius 3 is 2.48 bits per heavy atom. The van der Waals surface area contributed by atoms with Crippen molar-refractivity contribution in [3.8, 4) is 0 Å². The first-order valence-electron chi connectivity index (χ1n) is 10.0. The number of hydrogen-bond donors (Lipinski definition) is 3. The van der Waals surface area contributed by atoms with Gasteiger partial charge in [-0.15, -0.1) is 24.0 Å². The van der Waals surface area contributed by atoms with Gasteiger partial charge in [0.05, 0.1) is 6.54 Å². The SMILES string of the molecule is CCNC(=NCCNC(=O)C1CC1)NC1CC1c1ccc(C(C)C)cc1.I. The summed E-state index contributed by atoms with van der Waals surface area (Å²) in [5.41, 5.74) is 2.79. The monoisotopic (exact) mass is 484 g/mol. The number of amides is 1. The Labute approximate surface area is 180 Å². The number of nitrogens with zero attached hydrogens (tertiary/aromatic N) is 1. The van der Waals surface area contributed by atoms with Gasteiger partial charge in [0.2, 0.25) is 5.91 Å². The van der Waals surface area contributed by atoms with Crippen LogP contribution in [0.15, 0.2) is 29.3 Å². The fourth-order valence-corrected chi connectivity index (χ4v) is 3.18. The summed E-state index contributed by atoms with van der Waals surface area (Å²) in [6, 6.07) is 9.46. The highest BCUT2D eigenvalue weighted by molar-refractivity contribution is 14.0. The molecule has 2 saturated carbocycles. The van der Waals surface area contributed by atoms with E-state index in [0.29, 0.717) is 31.0 Å². The molecule has 2 atom stereocenters. The highest BCUT2D eigenvalue weighted by Crippen LogP contribution is 2.41. The van der Waals surface area contributed by atoms with Crippen LogP contribution >= 0.6 is 24.0 Å². The van der Waals surface area contributed by atoms with Crippen molar-refractivity contribution in [2.24, 2.45) is 10.9 Å². The van der Waals surface area contributed by atoms with Crippen molar-refractivity contribution in [3.63, 3.8) is 0 Å². The lowest BCUT2D eigenvalue weighted by Crippen LogP contribution is -2.39. The smallest absolute Gasteiger partial charge is 0.223 e. The maximum Gasteiger partial charge on any atom is 0.223 e. The minimum absolute atomic E-state index is 0. The number of aliphatic imine (C=N–C) groups is 1. The van der Waals surface area contributed by atoms with Gasteiger partial charge in [-0.2, -0.15) is 0 Å². The summed E-state index contributed by atoms with van der Waals surface area (Å²) in [7, 11) is 0. The van der Waals surface area contributed by atoms with Gasteiger partial charge >= 0.3 is 0 Å². The van der Waals surface area contributed by atoms with Crippen LogP contribution in [0.25, 0.3) is 0 Å². The van der Waals surface area contributed by atoms with Crippen LogP contribution in [0.5, 0.6) is 0 Å². The molecule has 150 valence electrons. The van der Waals surface area contributed by atoms with E-state index in [2.05, 4.69) is 66.0 Å². The third kappa shape index (κ3) is 6.66. The summed E-state index contributed by atoms with van der Waals surface area (Å²) in [5.74, 6) is 2.43. The molecule has 0 spiro atoms. The first-order chi connectivity index (χ1) is 12.6. The second-order valence-electron chi connectivity index (χ2n) is 7.74. The maximum atomic E-state index is 11.6. The summed E-state index contributed by atoms with van der Waals surface area (Å²) in [5, 5.41) is 9.79. The molecule has 2 aliphatic carbocycles. The molecule has 0 saturated heterocycles. The van der Waals surface area contributed by atoms with Crippen LogP contribution in [0.2, 0.25) is 0 Å². The second-order valence-corrected chi connectivity index (χ2v) is 7.74.